The fourth-order valence-electron chi connectivity index (χ4n) is 1.88. The molecule has 0 fully saturated rings. The molecule has 106 valence electrons. The summed E-state index contributed by atoms with van der Waals surface area (Å²) in [6.07, 6.45) is 0. The van der Waals surface area contributed by atoms with Gasteiger partial charge in [-0.3, -0.25) is 10.1 Å². The molecule has 0 aliphatic heterocycles. The number of rotatable bonds is 5. The van der Waals surface area contributed by atoms with Crippen LogP contribution in [0, 0.1) is 0 Å². The van der Waals surface area contributed by atoms with Crippen LogP contribution in [-0.4, -0.2) is 38.1 Å². The van der Waals surface area contributed by atoms with Gasteiger partial charge in [0.2, 0.25) is 5.91 Å². The fraction of sp³-hybridized carbons (Fsp3) is 0.500. The molecule has 5 heteroatoms. The second-order valence-electron chi connectivity index (χ2n) is 4.74. The maximum absolute atomic E-state index is 11.8. The first kappa shape index (κ1) is 16.0. The highest BCUT2D eigenvalue weighted by Gasteiger charge is 2.18. The zero-order chi connectivity index (χ0) is 14.6. The number of benzene rings is 1. The Morgan fingerprint density at radius 2 is 2.00 bits per heavy atom. The fourth-order valence-corrected chi connectivity index (χ4v) is 2.44. The van der Waals surface area contributed by atoms with E-state index >= 15 is 0 Å². The molecule has 2 atom stereocenters. The maximum Gasteiger partial charge on any atom is 0.238 e. The van der Waals surface area contributed by atoms with Crippen molar-refractivity contribution in [2.75, 3.05) is 21.2 Å². The van der Waals surface area contributed by atoms with E-state index in [1.165, 1.54) is 0 Å². The molecule has 1 aromatic carbocycles. The van der Waals surface area contributed by atoms with Gasteiger partial charge >= 0.3 is 0 Å². The molecule has 0 unspecified atom stereocenters. The van der Waals surface area contributed by atoms with Gasteiger partial charge < -0.3 is 9.64 Å². The Hall–Kier alpha value is -1.07. The Morgan fingerprint density at radius 1 is 1.37 bits per heavy atom. The molecule has 0 spiro atoms. The van der Waals surface area contributed by atoms with Gasteiger partial charge in [-0.1, -0.05) is 6.07 Å². The lowest BCUT2D eigenvalue weighted by Crippen LogP contribution is -2.42. The molecule has 0 saturated heterocycles. The van der Waals surface area contributed by atoms with Crippen LogP contribution in [0.2, 0.25) is 0 Å². The highest BCUT2D eigenvalue weighted by Crippen LogP contribution is 2.28. The van der Waals surface area contributed by atoms with Gasteiger partial charge in [0, 0.05) is 20.1 Å². The molecule has 0 aromatic heterocycles. The number of amides is 1. The number of nitrogens with zero attached hydrogens (tertiary/aromatic N) is 1. The summed E-state index contributed by atoms with van der Waals surface area (Å²) in [5, 5.41) is 3.29. The predicted molar refractivity (Wildman–Crippen MR) is 80.4 cm³/mol. The predicted octanol–water partition coefficient (Wildman–Crippen LogP) is 2.59. The third-order valence-corrected chi connectivity index (χ3v) is 3.61. The second-order valence-corrected chi connectivity index (χ2v) is 5.59. The van der Waals surface area contributed by atoms with E-state index in [9.17, 15) is 4.79 Å². The standard InChI is InChI=1S/C14H21BrN2O2/c1-9(16-10(2)14(18)17(3)4)11-6-7-13(19-5)12(15)8-11/h6-10,16H,1-5H3/t9-,10-/m0/s1. The Balaban J connectivity index is 2.75. The zero-order valence-electron chi connectivity index (χ0n) is 12.0. The first-order valence-corrected chi connectivity index (χ1v) is 6.96. The van der Waals surface area contributed by atoms with E-state index in [0.29, 0.717) is 0 Å². The molecule has 1 rings (SSSR count). The van der Waals surface area contributed by atoms with Crippen LogP contribution in [0.1, 0.15) is 25.5 Å². The molecule has 1 N–H and O–H groups in total. The molecule has 0 radical (unpaired) electrons. The van der Waals surface area contributed by atoms with E-state index in [-0.39, 0.29) is 18.0 Å². The summed E-state index contributed by atoms with van der Waals surface area (Å²) in [5.41, 5.74) is 1.10. The van der Waals surface area contributed by atoms with Crippen LogP contribution in [0.3, 0.4) is 0 Å². The van der Waals surface area contributed by atoms with Crippen LogP contribution in [0.25, 0.3) is 0 Å². The monoisotopic (exact) mass is 328 g/mol. The number of likely N-dealkylation sites (N-methyl/N-ethyl adjacent to an activating group) is 1. The Morgan fingerprint density at radius 3 is 2.47 bits per heavy atom. The highest BCUT2D eigenvalue weighted by atomic mass is 79.9. The normalized spacial score (nSPS) is 13.8. The van der Waals surface area contributed by atoms with Crippen molar-refractivity contribution in [2.24, 2.45) is 0 Å². The van der Waals surface area contributed by atoms with Crippen LogP contribution in [0.15, 0.2) is 22.7 Å². The SMILES string of the molecule is COc1ccc([C@H](C)N[C@@H](C)C(=O)N(C)C)cc1Br. The minimum absolute atomic E-state index is 0.0689. The zero-order valence-corrected chi connectivity index (χ0v) is 13.6. The molecular weight excluding hydrogens is 308 g/mol. The lowest BCUT2D eigenvalue weighted by Gasteiger charge is -2.22. The Kier molecular flexibility index (Phi) is 5.82. The highest BCUT2D eigenvalue weighted by molar-refractivity contribution is 9.10. The van der Waals surface area contributed by atoms with E-state index in [4.69, 9.17) is 4.74 Å². The lowest BCUT2D eigenvalue weighted by atomic mass is 10.1. The molecule has 0 bridgehead atoms. The van der Waals surface area contributed by atoms with E-state index in [2.05, 4.69) is 21.2 Å². The number of hydrogen-bond acceptors (Lipinski definition) is 3. The molecule has 0 aliphatic carbocycles. The van der Waals surface area contributed by atoms with E-state index < -0.39 is 0 Å². The number of nitrogens with one attached hydrogen (secondary N) is 1. The molecule has 1 aromatic rings. The number of carbonyl (C=O) groups excluding carboxylic acids is 1. The van der Waals surface area contributed by atoms with Gasteiger partial charge in [-0.2, -0.15) is 0 Å². The summed E-state index contributed by atoms with van der Waals surface area (Å²) in [5.74, 6) is 0.868. The van der Waals surface area contributed by atoms with Crippen molar-refractivity contribution in [2.45, 2.75) is 25.9 Å². The summed E-state index contributed by atoms with van der Waals surface area (Å²) >= 11 is 3.47. The van der Waals surface area contributed by atoms with E-state index in [1.54, 1.807) is 26.1 Å². The van der Waals surface area contributed by atoms with Crippen molar-refractivity contribution in [1.82, 2.24) is 10.2 Å². The third-order valence-electron chi connectivity index (χ3n) is 2.99. The van der Waals surface area contributed by atoms with Crippen LogP contribution >= 0.6 is 15.9 Å². The van der Waals surface area contributed by atoms with Gasteiger partial charge in [0.05, 0.1) is 17.6 Å². The molecule has 0 aliphatic rings. The van der Waals surface area contributed by atoms with Crippen molar-refractivity contribution in [3.8, 4) is 5.75 Å². The van der Waals surface area contributed by atoms with Crippen LogP contribution < -0.4 is 10.1 Å². The molecular formula is C14H21BrN2O2. The first-order valence-electron chi connectivity index (χ1n) is 6.17. The Labute approximate surface area is 123 Å². The lowest BCUT2D eigenvalue weighted by molar-refractivity contribution is -0.130. The summed E-state index contributed by atoms with van der Waals surface area (Å²) in [6.45, 7) is 3.91. The van der Waals surface area contributed by atoms with Crippen LogP contribution in [-0.2, 0) is 4.79 Å². The van der Waals surface area contributed by atoms with Crippen molar-refractivity contribution in [3.63, 3.8) is 0 Å². The molecule has 1 amide bonds. The Bertz CT molecular complexity index is 449. The smallest absolute Gasteiger partial charge is 0.238 e. The van der Waals surface area contributed by atoms with E-state index in [0.717, 1.165) is 15.8 Å². The van der Waals surface area contributed by atoms with Crippen molar-refractivity contribution < 1.29 is 9.53 Å². The van der Waals surface area contributed by atoms with Gasteiger partial charge in [0.15, 0.2) is 0 Å². The number of methoxy groups -OCH3 is 1. The second kappa shape index (κ2) is 6.91. The average Bonchev–Trinajstić information content (AvgIpc) is 2.37. The third kappa shape index (κ3) is 4.21. The number of ether oxygens (including phenoxy) is 1. The quantitative estimate of drug-likeness (QED) is 0.903. The van der Waals surface area contributed by atoms with Crippen LogP contribution in [0.4, 0.5) is 0 Å². The minimum Gasteiger partial charge on any atom is -0.496 e. The summed E-state index contributed by atoms with van der Waals surface area (Å²) in [4.78, 5) is 13.4. The molecule has 19 heavy (non-hydrogen) atoms. The summed E-state index contributed by atoms with van der Waals surface area (Å²) < 4.78 is 6.11. The van der Waals surface area contributed by atoms with Gasteiger partial charge in [-0.15, -0.1) is 0 Å². The molecule has 4 nitrogen and oxygen atoms in total. The van der Waals surface area contributed by atoms with Crippen LogP contribution in [0.5, 0.6) is 5.75 Å². The number of carbonyl (C=O) groups is 1. The average molecular weight is 329 g/mol. The maximum atomic E-state index is 11.8. The van der Waals surface area contributed by atoms with Gasteiger partial charge in [0.25, 0.3) is 0 Å². The van der Waals surface area contributed by atoms with E-state index in [1.807, 2.05) is 32.0 Å². The topological polar surface area (TPSA) is 41.6 Å². The largest absolute Gasteiger partial charge is 0.496 e. The van der Waals surface area contributed by atoms with Crippen molar-refractivity contribution >= 4 is 21.8 Å². The van der Waals surface area contributed by atoms with Crippen molar-refractivity contribution in [1.29, 1.82) is 0 Å². The number of hydrogen-bond donors (Lipinski definition) is 1. The summed E-state index contributed by atoms with van der Waals surface area (Å²) in [7, 11) is 5.16. The molecule has 0 heterocycles. The van der Waals surface area contributed by atoms with Crippen molar-refractivity contribution in [3.05, 3.63) is 28.2 Å². The minimum atomic E-state index is -0.217. The first-order chi connectivity index (χ1) is 8.86. The number of halogens is 1. The van der Waals surface area contributed by atoms with Gasteiger partial charge in [-0.05, 0) is 47.5 Å². The van der Waals surface area contributed by atoms with Gasteiger partial charge in [-0.25, -0.2) is 0 Å². The summed E-state index contributed by atoms with van der Waals surface area (Å²) in [6, 6.07) is 5.78. The van der Waals surface area contributed by atoms with Gasteiger partial charge in [0.1, 0.15) is 5.75 Å². The molecule has 0 saturated carbocycles.